The average molecular weight is 520 g/mol. The zero-order chi connectivity index (χ0) is 25.2. The van der Waals surface area contributed by atoms with Crippen LogP contribution in [-0.4, -0.2) is 64.1 Å². The van der Waals surface area contributed by atoms with Crippen molar-refractivity contribution in [3.63, 3.8) is 0 Å². The summed E-state index contributed by atoms with van der Waals surface area (Å²) >= 11 is 1.48. The fourth-order valence-corrected chi connectivity index (χ4v) is 6.73. The van der Waals surface area contributed by atoms with E-state index in [0.29, 0.717) is 41.7 Å². The maximum Gasteiger partial charge on any atom is 0.244 e. The SMILES string of the molecule is COc1ccc(NC(=O)CN2C(=O)C(C)CSc3ccc(S(=O)(=O)N4CCCC4)cc32)c(OC)c1. The molecule has 4 rings (SSSR count). The molecule has 2 aromatic rings. The van der Waals surface area contributed by atoms with Crippen LogP contribution in [0.1, 0.15) is 19.8 Å². The van der Waals surface area contributed by atoms with E-state index in [1.54, 1.807) is 37.3 Å². The van der Waals surface area contributed by atoms with E-state index in [1.807, 2.05) is 0 Å². The van der Waals surface area contributed by atoms with E-state index >= 15 is 0 Å². The van der Waals surface area contributed by atoms with Gasteiger partial charge in [0.05, 0.1) is 30.5 Å². The van der Waals surface area contributed by atoms with Crippen molar-refractivity contribution >= 4 is 45.0 Å². The monoisotopic (exact) mass is 519 g/mol. The number of fused-ring (bicyclic) bond motifs is 1. The number of methoxy groups -OCH3 is 2. The number of sulfonamides is 1. The number of nitrogens with one attached hydrogen (secondary N) is 1. The third-order valence-corrected chi connectivity index (χ3v) is 9.30. The molecule has 0 bridgehead atoms. The second-order valence-corrected chi connectivity index (χ2v) is 11.5. The first-order chi connectivity index (χ1) is 16.7. The Morgan fingerprint density at radius 3 is 2.54 bits per heavy atom. The molecular formula is C24H29N3O6S2. The van der Waals surface area contributed by atoms with Crippen LogP contribution in [0.5, 0.6) is 11.5 Å². The van der Waals surface area contributed by atoms with E-state index in [2.05, 4.69) is 5.32 Å². The molecule has 2 aliphatic rings. The first kappa shape index (κ1) is 25.3. The zero-order valence-electron chi connectivity index (χ0n) is 19.9. The van der Waals surface area contributed by atoms with E-state index in [4.69, 9.17) is 9.47 Å². The lowest BCUT2D eigenvalue weighted by Gasteiger charge is -2.25. The number of ether oxygens (including phenoxy) is 2. The van der Waals surface area contributed by atoms with Crippen molar-refractivity contribution in [2.75, 3.05) is 49.8 Å². The number of rotatable bonds is 7. The number of benzene rings is 2. The Kier molecular flexibility index (Phi) is 7.58. The molecule has 0 spiro atoms. The van der Waals surface area contributed by atoms with Crippen molar-refractivity contribution in [2.24, 2.45) is 5.92 Å². The van der Waals surface area contributed by atoms with Gasteiger partial charge in [0.2, 0.25) is 21.8 Å². The highest BCUT2D eigenvalue weighted by molar-refractivity contribution is 7.99. The fraction of sp³-hybridized carbons (Fsp3) is 0.417. The Hall–Kier alpha value is -2.76. The van der Waals surface area contributed by atoms with Crippen molar-refractivity contribution in [2.45, 2.75) is 29.6 Å². The van der Waals surface area contributed by atoms with Crippen LogP contribution in [0.4, 0.5) is 11.4 Å². The Balaban J connectivity index is 1.64. The topological polar surface area (TPSA) is 105 Å². The molecule has 0 aromatic heterocycles. The van der Waals surface area contributed by atoms with Gasteiger partial charge in [-0.15, -0.1) is 11.8 Å². The number of anilines is 2. The maximum atomic E-state index is 13.3. The molecule has 1 unspecified atom stereocenters. The molecule has 1 fully saturated rings. The number of amides is 2. The van der Waals surface area contributed by atoms with E-state index in [1.165, 1.54) is 41.3 Å². The van der Waals surface area contributed by atoms with Gasteiger partial charge in [-0.3, -0.25) is 9.59 Å². The summed E-state index contributed by atoms with van der Waals surface area (Å²) in [6, 6.07) is 9.83. The van der Waals surface area contributed by atoms with Gasteiger partial charge in [-0.1, -0.05) is 6.92 Å². The van der Waals surface area contributed by atoms with Crippen molar-refractivity contribution in [1.82, 2.24) is 4.31 Å². The minimum absolute atomic E-state index is 0.128. The van der Waals surface area contributed by atoms with Gasteiger partial charge in [0.25, 0.3) is 0 Å². The number of nitrogens with zero attached hydrogens (tertiary/aromatic N) is 2. The van der Waals surface area contributed by atoms with Crippen LogP contribution in [0.25, 0.3) is 0 Å². The summed E-state index contributed by atoms with van der Waals surface area (Å²) in [7, 11) is -0.653. The normalized spacial score (nSPS) is 18.7. The third kappa shape index (κ3) is 5.26. The van der Waals surface area contributed by atoms with Crippen molar-refractivity contribution in [3.05, 3.63) is 36.4 Å². The van der Waals surface area contributed by atoms with Gasteiger partial charge in [0.15, 0.2) is 0 Å². The summed E-state index contributed by atoms with van der Waals surface area (Å²) in [6.07, 6.45) is 1.66. The minimum Gasteiger partial charge on any atom is -0.497 e. The highest BCUT2D eigenvalue weighted by Gasteiger charge is 2.33. The predicted octanol–water partition coefficient (Wildman–Crippen LogP) is 3.20. The number of thioether (sulfide) groups is 1. The minimum atomic E-state index is -3.67. The summed E-state index contributed by atoms with van der Waals surface area (Å²) in [6.45, 7) is 2.51. The van der Waals surface area contributed by atoms with Gasteiger partial charge in [-0.25, -0.2) is 8.42 Å². The number of carbonyl (C=O) groups is 2. The molecule has 35 heavy (non-hydrogen) atoms. The number of carbonyl (C=O) groups excluding carboxylic acids is 2. The maximum absolute atomic E-state index is 13.3. The molecule has 1 atom stereocenters. The zero-order valence-corrected chi connectivity index (χ0v) is 21.6. The second kappa shape index (κ2) is 10.5. The van der Waals surface area contributed by atoms with Gasteiger partial charge < -0.3 is 19.7 Å². The smallest absolute Gasteiger partial charge is 0.244 e. The summed E-state index contributed by atoms with van der Waals surface area (Å²) in [5, 5.41) is 2.79. The van der Waals surface area contributed by atoms with Crippen LogP contribution < -0.4 is 19.7 Å². The predicted molar refractivity (Wildman–Crippen MR) is 135 cm³/mol. The van der Waals surface area contributed by atoms with Gasteiger partial charge in [0.1, 0.15) is 18.0 Å². The van der Waals surface area contributed by atoms with E-state index in [0.717, 1.165) is 17.7 Å². The first-order valence-electron chi connectivity index (χ1n) is 11.3. The van der Waals surface area contributed by atoms with Gasteiger partial charge in [-0.05, 0) is 43.2 Å². The fourth-order valence-electron chi connectivity index (χ4n) is 4.14. The standard InChI is InChI=1S/C24H29N3O6S2/c1-16-15-34-22-9-7-18(35(30,31)26-10-4-5-11-26)13-20(22)27(24(16)29)14-23(28)25-19-8-6-17(32-2)12-21(19)33-3/h6-9,12-13,16H,4-5,10-11,14-15H2,1-3H3,(H,25,28). The Morgan fingerprint density at radius 2 is 1.86 bits per heavy atom. The summed E-state index contributed by atoms with van der Waals surface area (Å²) in [4.78, 5) is 28.6. The molecule has 9 nitrogen and oxygen atoms in total. The van der Waals surface area contributed by atoms with E-state index in [-0.39, 0.29) is 23.3 Å². The van der Waals surface area contributed by atoms with Crippen LogP contribution in [0.15, 0.2) is 46.2 Å². The highest BCUT2D eigenvalue weighted by atomic mass is 32.2. The van der Waals surface area contributed by atoms with Gasteiger partial charge >= 0.3 is 0 Å². The van der Waals surface area contributed by atoms with Crippen molar-refractivity contribution < 1.29 is 27.5 Å². The van der Waals surface area contributed by atoms with Crippen LogP contribution in [0, 0.1) is 5.92 Å². The molecule has 1 saturated heterocycles. The molecule has 0 radical (unpaired) electrons. The lowest BCUT2D eigenvalue weighted by atomic mass is 10.1. The molecule has 2 aliphatic heterocycles. The molecule has 188 valence electrons. The molecule has 0 saturated carbocycles. The second-order valence-electron chi connectivity index (χ2n) is 8.49. The molecule has 2 amide bonds. The quantitative estimate of drug-likeness (QED) is 0.599. The van der Waals surface area contributed by atoms with Crippen molar-refractivity contribution in [1.29, 1.82) is 0 Å². The number of hydrogen-bond donors (Lipinski definition) is 1. The van der Waals surface area contributed by atoms with Gasteiger partial charge in [0, 0.05) is 35.7 Å². The Morgan fingerprint density at radius 1 is 1.11 bits per heavy atom. The summed E-state index contributed by atoms with van der Waals surface area (Å²) in [5.74, 6) is 0.532. The van der Waals surface area contributed by atoms with Crippen LogP contribution >= 0.6 is 11.8 Å². The van der Waals surface area contributed by atoms with E-state index < -0.39 is 15.9 Å². The van der Waals surface area contributed by atoms with Gasteiger partial charge in [-0.2, -0.15) is 4.31 Å². The average Bonchev–Trinajstić information content (AvgIpc) is 3.38. The molecule has 11 heteroatoms. The number of hydrogen-bond acceptors (Lipinski definition) is 7. The lowest BCUT2D eigenvalue weighted by molar-refractivity contribution is -0.123. The molecular weight excluding hydrogens is 490 g/mol. The van der Waals surface area contributed by atoms with Crippen LogP contribution in [-0.2, 0) is 19.6 Å². The first-order valence-corrected chi connectivity index (χ1v) is 13.8. The van der Waals surface area contributed by atoms with Crippen LogP contribution in [0.2, 0.25) is 0 Å². The lowest BCUT2D eigenvalue weighted by Crippen LogP contribution is -2.41. The molecule has 1 N–H and O–H groups in total. The molecule has 2 heterocycles. The summed E-state index contributed by atoms with van der Waals surface area (Å²) in [5.41, 5.74) is 0.870. The van der Waals surface area contributed by atoms with Crippen LogP contribution in [0.3, 0.4) is 0 Å². The Labute approximate surface area is 209 Å². The summed E-state index contributed by atoms with van der Waals surface area (Å²) < 4.78 is 38.3. The Bertz CT molecular complexity index is 1230. The molecule has 0 aliphatic carbocycles. The third-order valence-electron chi connectivity index (χ3n) is 6.08. The molecule has 2 aromatic carbocycles. The van der Waals surface area contributed by atoms with E-state index in [9.17, 15) is 18.0 Å². The largest absolute Gasteiger partial charge is 0.497 e. The van der Waals surface area contributed by atoms with Crippen molar-refractivity contribution in [3.8, 4) is 11.5 Å². The highest BCUT2D eigenvalue weighted by Crippen LogP contribution is 2.38.